The van der Waals surface area contributed by atoms with E-state index in [1.165, 1.54) is 11.1 Å². The molecule has 1 unspecified atom stereocenters. The van der Waals surface area contributed by atoms with E-state index in [9.17, 15) is 0 Å². The Morgan fingerprint density at radius 3 is 2.23 bits per heavy atom. The van der Waals surface area contributed by atoms with Crippen molar-refractivity contribution in [1.29, 1.82) is 5.41 Å². The highest BCUT2D eigenvalue weighted by atomic mass is 35.5. The number of halogens is 1. The van der Waals surface area contributed by atoms with E-state index in [0.717, 1.165) is 17.9 Å². The van der Waals surface area contributed by atoms with Crippen LogP contribution in [0.2, 0.25) is 5.02 Å². The fourth-order valence-corrected chi connectivity index (χ4v) is 3.26. The van der Waals surface area contributed by atoms with Crippen molar-refractivity contribution in [2.24, 2.45) is 0 Å². The zero-order valence-corrected chi connectivity index (χ0v) is 13.9. The number of nitrogens with one attached hydrogen (secondary N) is 1. The van der Waals surface area contributed by atoms with Gasteiger partial charge >= 0.3 is 0 Å². The molecule has 3 rings (SSSR count). The van der Waals surface area contributed by atoms with Crippen LogP contribution in [0.4, 0.5) is 11.4 Å². The fourth-order valence-electron chi connectivity index (χ4n) is 3.13. The number of hydrogen-bond acceptors (Lipinski definition) is 1. The Morgan fingerprint density at radius 1 is 1.05 bits per heavy atom. The lowest BCUT2D eigenvalue weighted by atomic mass is 10.1. The molecule has 2 aromatic rings. The molecular weight excluding hydrogens is 294 g/mol. The predicted octanol–water partition coefficient (Wildman–Crippen LogP) is 4.61. The van der Waals surface area contributed by atoms with E-state index in [2.05, 4.69) is 43.9 Å². The van der Waals surface area contributed by atoms with Gasteiger partial charge in [-0.25, -0.2) is 0 Å². The van der Waals surface area contributed by atoms with Crippen LogP contribution in [0.5, 0.6) is 0 Å². The second-order valence-electron chi connectivity index (χ2n) is 5.87. The number of anilines is 2. The molecule has 0 saturated carbocycles. The number of benzene rings is 2. The first kappa shape index (κ1) is 14.9. The highest BCUT2D eigenvalue weighted by molar-refractivity contribution is 6.30. The monoisotopic (exact) mass is 313 g/mol. The van der Waals surface area contributed by atoms with Crippen molar-refractivity contribution >= 4 is 28.9 Å². The van der Waals surface area contributed by atoms with E-state index in [4.69, 9.17) is 17.0 Å². The van der Waals surface area contributed by atoms with Gasteiger partial charge in [-0.3, -0.25) is 5.41 Å². The molecule has 1 atom stereocenters. The largest absolute Gasteiger partial charge is 0.310 e. The van der Waals surface area contributed by atoms with E-state index in [1.807, 2.05) is 29.2 Å². The van der Waals surface area contributed by atoms with E-state index >= 15 is 0 Å². The van der Waals surface area contributed by atoms with E-state index in [1.54, 1.807) is 0 Å². The van der Waals surface area contributed by atoms with Gasteiger partial charge in [0.1, 0.15) is 0 Å². The standard InChI is InChI=1S/C18H20ClN3/c1-12-5-4-6-13(2)17(12)22-14(3)11-21(18(22)20)16-9-7-15(19)8-10-16/h4-10,14,20H,11H2,1-3H3. The summed E-state index contributed by atoms with van der Waals surface area (Å²) in [6.07, 6.45) is 0. The highest BCUT2D eigenvalue weighted by Gasteiger charge is 2.34. The third-order valence-corrected chi connectivity index (χ3v) is 4.44. The SMILES string of the molecule is Cc1cccc(C)c1N1C(=N)N(c2ccc(Cl)cc2)CC1C. The highest BCUT2D eigenvalue weighted by Crippen LogP contribution is 2.33. The minimum absolute atomic E-state index is 0.253. The first-order valence-corrected chi connectivity index (χ1v) is 7.84. The zero-order valence-electron chi connectivity index (χ0n) is 13.1. The number of aryl methyl sites for hydroxylation is 2. The zero-order chi connectivity index (χ0) is 15.9. The first-order valence-electron chi connectivity index (χ1n) is 7.46. The Balaban J connectivity index is 1.98. The van der Waals surface area contributed by atoms with Crippen molar-refractivity contribution < 1.29 is 0 Å². The van der Waals surface area contributed by atoms with Gasteiger partial charge in [0.25, 0.3) is 0 Å². The number of nitrogens with zero attached hydrogens (tertiary/aromatic N) is 2. The summed E-state index contributed by atoms with van der Waals surface area (Å²) in [5.74, 6) is 0.521. The van der Waals surface area contributed by atoms with Gasteiger partial charge in [0, 0.05) is 22.9 Å². The summed E-state index contributed by atoms with van der Waals surface area (Å²) < 4.78 is 0. The summed E-state index contributed by atoms with van der Waals surface area (Å²) in [5.41, 5.74) is 4.57. The van der Waals surface area contributed by atoms with Crippen molar-refractivity contribution in [3.05, 3.63) is 58.6 Å². The number of guanidine groups is 1. The Bertz CT molecular complexity index is 689. The predicted molar refractivity (Wildman–Crippen MR) is 94.4 cm³/mol. The topological polar surface area (TPSA) is 30.3 Å². The van der Waals surface area contributed by atoms with Gasteiger partial charge in [0.2, 0.25) is 5.96 Å². The van der Waals surface area contributed by atoms with E-state index in [0.29, 0.717) is 11.0 Å². The summed E-state index contributed by atoms with van der Waals surface area (Å²) in [7, 11) is 0. The number of para-hydroxylation sites is 1. The molecule has 4 heteroatoms. The van der Waals surface area contributed by atoms with Gasteiger partial charge in [0.05, 0.1) is 6.04 Å². The molecule has 0 aliphatic carbocycles. The Hall–Kier alpha value is -2.00. The molecule has 0 amide bonds. The van der Waals surface area contributed by atoms with Gasteiger partial charge in [0.15, 0.2) is 0 Å². The maximum Gasteiger partial charge on any atom is 0.203 e. The third kappa shape index (κ3) is 2.46. The molecule has 114 valence electrons. The molecule has 22 heavy (non-hydrogen) atoms. The van der Waals surface area contributed by atoms with Crippen LogP contribution in [-0.2, 0) is 0 Å². The van der Waals surface area contributed by atoms with Crippen LogP contribution in [-0.4, -0.2) is 18.5 Å². The quantitative estimate of drug-likeness (QED) is 0.877. The average molecular weight is 314 g/mol. The number of rotatable bonds is 2. The molecule has 1 aliphatic rings. The maximum absolute atomic E-state index is 8.63. The molecule has 3 nitrogen and oxygen atoms in total. The van der Waals surface area contributed by atoms with E-state index < -0.39 is 0 Å². The summed E-state index contributed by atoms with van der Waals surface area (Å²) in [6.45, 7) is 7.17. The molecule has 1 fully saturated rings. The van der Waals surface area contributed by atoms with Crippen LogP contribution in [0.25, 0.3) is 0 Å². The lowest BCUT2D eigenvalue weighted by Crippen LogP contribution is -2.35. The summed E-state index contributed by atoms with van der Waals surface area (Å²) in [6, 6.07) is 14.2. The average Bonchev–Trinajstić information content (AvgIpc) is 2.76. The lowest BCUT2D eigenvalue weighted by Gasteiger charge is -2.27. The normalized spacial score (nSPS) is 18.2. The van der Waals surface area contributed by atoms with Crippen LogP contribution < -0.4 is 9.80 Å². The Morgan fingerprint density at radius 2 is 1.64 bits per heavy atom. The van der Waals surface area contributed by atoms with Crippen LogP contribution in [0.3, 0.4) is 0 Å². The van der Waals surface area contributed by atoms with Gasteiger partial charge in [-0.15, -0.1) is 0 Å². The molecule has 1 heterocycles. The molecule has 1 saturated heterocycles. The maximum atomic E-state index is 8.63. The van der Waals surface area contributed by atoms with Crippen LogP contribution >= 0.6 is 11.6 Å². The lowest BCUT2D eigenvalue weighted by molar-refractivity contribution is 0.790. The van der Waals surface area contributed by atoms with Crippen molar-refractivity contribution in [3.8, 4) is 0 Å². The van der Waals surface area contributed by atoms with Crippen LogP contribution in [0, 0.1) is 19.3 Å². The minimum atomic E-state index is 0.253. The van der Waals surface area contributed by atoms with Crippen molar-refractivity contribution in [3.63, 3.8) is 0 Å². The summed E-state index contributed by atoms with van der Waals surface area (Å²) in [5, 5.41) is 9.35. The van der Waals surface area contributed by atoms with E-state index in [-0.39, 0.29) is 6.04 Å². The Kier molecular flexibility index (Phi) is 3.83. The fraction of sp³-hybridized carbons (Fsp3) is 0.278. The summed E-state index contributed by atoms with van der Waals surface area (Å²) in [4.78, 5) is 4.16. The van der Waals surface area contributed by atoms with Crippen molar-refractivity contribution in [2.75, 3.05) is 16.3 Å². The van der Waals surface area contributed by atoms with Crippen LogP contribution in [0.15, 0.2) is 42.5 Å². The Labute approximate surface area is 136 Å². The second kappa shape index (κ2) is 5.65. The van der Waals surface area contributed by atoms with Crippen molar-refractivity contribution in [1.82, 2.24) is 0 Å². The molecule has 0 spiro atoms. The van der Waals surface area contributed by atoms with Crippen LogP contribution in [0.1, 0.15) is 18.1 Å². The van der Waals surface area contributed by atoms with Gasteiger partial charge in [-0.05, 0) is 56.2 Å². The van der Waals surface area contributed by atoms with Crippen molar-refractivity contribution in [2.45, 2.75) is 26.8 Å². The molecule has 0 aromatic heterocycles. The molecular formula is C18H20ClN3. The molecule has 1 aliphatic heterocycles. The molecule has 0 bridgehead atoms. The second-order valence-corrected chi connectivity index (χ2v) is 6.31. The smallest absolute Gasteiger partial charge is 0.203 e. The van der Waals surface area contributed by atoms with Gasteiger partial charge in [-0.1, -0.05) is 29.8 Å². The third-order valence-electron chi connectivity index (χ3n) is 4.19. The number of hydrogen-bond donors (Lipinski definition) is 1. The van der Waals surface area contributed by atoms with Gasteiger partial charge < -0.3 is 9.80 Å². The van der Waals surface area contributed by atoms with Gasteiger partial charge in [-0.2, -0.15) is 0 Å². The minimum Gasteiger partial charge on any atom is -0.310 e. The molecule has 1 N–H and O–H groups in total. The first-order chi connectivity index (χ1) is 10.5. The molecule has 0 radical (unpaired) electrons. The molecule has 2 aromatic carbocycles. The summed E-state index contributed by atoms with van der Waals surface area (Å²) >= 11 is 5.97.